The maximum atomic E-state index is 14.1. The highest BCUT2D eigenvalue weighted by Crippen LogP contribution is 2.35. The van der Waals surface area contributed by atoms with Gasteiger partial charge in [-0.05, 0) is 37.7 Å². The van der Waals surface area contributed by atoms with Crippen molar-refractivity contribution in [3.05, 3.63) is 109 Å². The number of hydrogen-bond donors (Lipinski definition) is 0. The van der Waals surface area contributed by atoms with Crippen LogP contribution in [0.4, 0.5) is 5.88 Å². The van der Waals surface area contributed by atoms with Gasteiger partial charge in [0.1, 0.15) is 11.5 Å². The van der Waals surface area contributed by atoms with Gasteiger partial charge in [-0.1, -0.05) is 53.8 Å². The van der Waals surface area contributed by atoms with Crippen molar-refractivity contribution in [3.63, 3.8) is 0 Å². The first-order valence-corrected chi connectivity index (χ1v) is 14.7. The Hall–Kier alpha value is -4.41. The molecule has 0 saturated carbocycles. The Kier molecular flexibility index (Phi) is 7.82. The van der Waals surface area contributed by atoms with Crippen molar-refractivity contribution in [3.8, 4) is 5.75 Å². The predicted octanol–water partition coefficient (Wildman–Crippen LogP) is 3.29. The number of benzene rings is 2. The predicted molar refractivity (Wildman–Crippen MR) is 162 cm³/mol. The first-order chi connectivity index (χ1) is 20.5. The van der Waals surface area contributed by atoms with Crippen LogP contribution in [0.3, 0.4) is 0 Å². The van der Waals surface area contributed by atoms with E-state index in [-0.39, 0.29) is 12.2 Å². The number of nitrogens with zero attached hydrogens (tertiary/aromatic N) is 4. The lowest BCUT2D eigenvalue weighted by Crippen LogP contribution is -2.44. The van der Waals surface area contributed by atoms with Crippen LogP contribution in [-0.4, -0.2) is 62.4 Å². The van der Waals surface area contributed by atoms with E-state index in [0.717, 1.165) is 43.2 Å². The molecule has 9 nitrogen and oxygen atoms in total. The van der Waals surface area contributed by atoms with E-state index in [9.17, 15) is 9.59 Å². The molecule has 0 aliphatic carbocycles. The number of likely N-dealkylation sites (N-methyl/N-ethyl adjacent to an activating group) is 1. The van der Waals surface area contributed by atoms with E-state index < -0.39 is 12.0 Å². The van der Waals surface area contributed by atoms with Crippen LogP contribution in [0.15, 0.2) is 86.5 Å². The van der Waals surface area contributed by atoms with Gasteiger partial charge in [-0.3, -0.25) is 9.36 Å². The molecule has 10 heteroatoms. The molecule has 216 valence electrons. The van der Waals surface area contributed by atoms with Crippen LogP contribution in [0, 0.1) is 0 Å². The van der Waals surface area contributed by atoms with Gasteiger partial charge in [0.15, 0.2) is 10.7 Å². The second-order valence-corrected chi connectivity index (χ2v) is 11.2. The number of piperazine rings is 1. The molecule has 2 aliphatic heterocycles. The third-order valence-corrected chi connectivity index (χ3v) is 8.49. The van der Waals surface area contributed by atoms with Crippen LogP contribution in [-0.2, 0) is 9.53 Å². The number of thiazole rings is 1. The molecule has 0 bridgehead atoms. The van der Waals surface area contributed by atoms with Crippen molar-refractivity contribution in [2.24, 2.45) is 4.99 Å². The van der Waals surface area contributed by atoms with E-state index in [2.05, 4.69) is 16.8 Å². The van der Waals surface area contributed by atoms with E-state index in [4.69, 9.17) is 18.9 Å². The summed E-state index contributed by atoms with van der Waals surface area (Å²) in [5.74, 6) is 1.53. The summed E-state index contributed by atoms with van der Waals surface area (Å²) in [4.78, 5) is 37.5. The number of carbonyl (C=O) groups excluding carboxylic acids is 1. The average Bonchev–Trinajstić information content (AvgIpc) is 3.61. The van der Waals surface area contributed by atoms with Crippen LogP contribution in [0.5, 0.6) is 5.75 Å². The van der Waals surface area contributed by atoms with Gasteiger partial charge in [0.25, 0.3) is 5.56 Å². The van der Waals surface area contributed by atoms with Crippen molar-refractivity contribution in [1.29, 1.82) is 0 Å². The lowest BCUT2D eigenvalue weighted by molar-refractivity contribution is -0.138. The Morgan fingerprint density at radius 1 is 1.05 bits per heavy atom. The van der Waals surface area contributed by atoms with Gasteiger partial charge in [0.05, 0.1) is 35.6 Å². The molecule has 0 radical (unpaired) electrons. The van der Waals surface area contributed by atoms with E-state index in [1.807, 2.05) is 66.7 Å². The molecule has 1 saturated heterocycles. The van der Waals surface area contributed by atoms with Crippen LogP contribution >= 0.6 is 11.3 Å². The van der Waals surface area contributed by atoms with E-state index in [0.29, 0.717) is 32.1 Å². The Bertz CT molecular complexity index is 1800. The summed E-state index contributed by atoms with van der Waals surface area (Å²) >= 11 is 1.27. The zero-order valence-corrected chi connectivity index (χ0v) is 24.6. The molecular formula is C32H32N4O5S. The highest BCUT2D eigenvalue weighted by atomic mass is 32.1. The minimum Gasteiger partial charge on any atom is -0.497 e. The molecular weight excluding hydrogens is 552 g/mol. The Labute approximate surface area is 247 Å². The smallest absolute Gasteiger partial charge is 0.338 e. The molecule has 1 fully saturated rings. The maximum Gasteiger partial charge on any atom is 0.338 e. The third kappa shape index (κ3) is 5.31. The van der Waals surface area contributed by atoms with Crippen LogP contribution in [0.2, 0.25) is 0 Å². The van der Waals surface area contributed by atoms with Crippen molar-refractivity contribution < 1.29 is 18.7 Å². The summed E-state index contributed by atoms with van der Waals surface area (Å²) in [5.41, 5.74) is 2.04. The topological polar surface area (TPSA) is 89.5 Å². The summed E-state index contributed by atoms with van der Waals surface area (Å²) in [6.07, 6.45) is 1.75. The zero-order chi connectivity index (χ0) is 29.2. The van der Waals surface area contributed by atoms with E-state index in [1.165, 1.54) is 11.3 Å². The fraction of sp³-hybridized carbons (Fsp3) is 0.281. The Balaban J connectivity index is 1.51. The van der Waals surface area contributed by atoms with Gasteiger partial charge in [0, 0.05) is 43.9 Å². The number of fused-ring (bicyclic) bond motifs is 1. The second kappa shape index (κ2) is 11.8. The molecule has 0 N–H and O–H groups in total. The first-order valence-electron chi connectivity index (χ1n) is 13.9. The molecule has 4 aromatic rings. The molecule has 6 rings (SSSR count). The van der Waals surface area contributed by atoms with Crippen molar-refractivity contribution >= 4 is 35.0 Å². The highest BCUT2D eigenvalue weighted by molar-refractivity contribution is 7.07. The molecule has 42 heavy (non-hydrogen) atoms. The van der Waals surface area contributed by atoms with Crippen LogP contribution < -0.4 is 24.5 Å². The van der Waals surface area contributed by atoms with Crippen molar-refractivity contribution in [2.45, 2.75) is 13.0 Å². The van der Waals surface area contributed by atoms with Crippen molar-refractivity contribution in [2.75, 3.05) is 51.8 Å². The number of anilines is 1. The largest absolute Gasteiger partial charge is 0.497 e. The van der Waals surface area contributed by atoms with Gasteiger partial charge >= 0.3 is 5.97 Å². The van der Waals surface area contributed by atoms with Gasteiger partial charge in [-0.2, -0.15) is 0 Å². The number of esters is 1. The summed E-state index contributed by atoms with van der Waals surface area (Å²) in [7, 11) is 3.71. The van der Waals surface area contributed by atoms with Crippen LogP contribution in [0.25, 0.3) is 11.8 Å². The molecule has 1 atom stereocenters. The fourth-order valence-electron chi connectivity index (χ4n) is 5.29. The molecule has 0 amide bonds. The molecule has 0 spiro atoms. The zero-order valence-electron chi connectivity index (χ0n) is 23.8. The number of rotatable bonds is 7. The lowest BCUT2D eigenvalue weighted by Gasteiger charge is -2.32. The van der Waals surface area contributed by atoms with Crippen molar-refractivity contribution in [1.82, 2.24) is 9.47 Å². The quantitative estimate of drug-likeness (QED) is 0.308. The average molecular weight is 585 g/mol. The minimum atomic E-state index is -0.749. The summed E-state index contributed by atoms with van der Waals surface area (Å²) in [6.45, 7) is 5.65. The number of methoxy groups -OCH3 is 1. The van der Waals surface area contributed by atoms with Gasteiger partial charge in [0.2, 0.25) is 0 Å². The third-order valence-electron chi connectivity index (χ3n) is 7.51. The molecule has 0 unspecified atom stereocenters. The van der Waals surface area contributed by atoms with Crippen LogP contribution in [0.1, 0.15) is 29.9 Å². The molecule has 2 aliphatic rings. The normalized spacial score (nSPS) is 17.6. The fourth-order valence-corrected chi connectivity index (χ4v) is 6.27. The number of ether oxygens (including phenoxy) is 2. The highest BCUT2D eigenvalue weighted by Gasteiger charge is 2.35. The summed E-state index contributed by atoms with van der Waals surface area (Å²) in [6, 6.07) is 19.9. The molecule has 4 heterocycles. The van der Waals surface area contributed by atoms with Gasteiger partial charge in [-0.25, -0.2) is 9.79 Å². The van der Waals surface area contributed by atoms with Gasteiger partial charge < -0.3 is 23.7 Å². The maximum absolute atomic E-state index is 14.1. The second-order valence-electron chi connectivity index (χ2n) is 10.2. The monoisotopic (exact) mass is 584 g/mol. The standard InChI is InChI=1S/C32H32N4O5S/c1-4-40-31(38)27-28(21-8-6-5-7-9-21)33-32-36(29(27)22-10-12-23(39-3)13-11-22)30(37)25(42-32)20-24-14-15-26(41-24)35-18-16-34(2)17-19-35/h5-15,20,29H,4,16-19H2,1-3H3/b25-20+/t29-/m1/s1. The summed E-state index contributed by atoms with van der Waals surface area (Å²) < 4.78 is 19.1. The Morgan fingerprint density at radius 3 is 2.48 bits per heavy atom. The number of aromatic nitrogens is 1. The van der Waals surface area contributed by atoms with Gasteiger partial charge in [-0.15, -0.1) is 0 Å². The van der Waals surface area contributed by atoms with E-state index >= 15 is 0 Å². The minimum absolute atomic E-state index is 0.193. The molecule has 2 aromatic carbocycles. The molecule has 2 aromatic heterocycles. The number of hydrogen-bond acceptors (Lipinski definition) is 9. The first kappa shape index (κ1) is 27.7. The SMILES string of the molecule is CCOC(=O)C1=C(c2ccccc2)N=c2s/c(=C/c3ccc(N4CCN(C)CC4)o3)c(=O)n2[C@@H]1c1ccc(OC)cc1. The summed E-state index contributed by atoms with van der Waals surface area (Å²) in [5, 5.41) is 0. The Morgan fingerprint density at radius 2 is 1.79 bits per heavy atom. The lowest BCUT2D eigenvalue weighted by atomic mass is 9.93. The number of carbonyl (C=O) groups is 1. The van der Waals surface area contributed by atoms with E-state index in [1.54, 1.807) is 24.7 Å². The number of furan rings is 1.